The predicted molar refractivity (Wildman–Crippen MR) is 106 cm³/mol. The van der Waals surface area contributed by atoms with E-state index in [0.29, 0.717) is 63.9 Å². The van der Waals surface area contributed by atoms with Gasteiger partial charge in [-0.15, -0.1) is 11.3 Å². The summed E-state index contributed by atoms with van der Waals surface area (Å²) < 4.78 is 32.2. The number of nitrogens with zero attached hydrogens (tertiary/aromatic N) is 3. The Bertz CT molecular complexity index is 804. The van der Waals surface area contributed by atoms with E-state index in [1.165, 1.54) is 10.4 Å². The van der Waals surface area contributed by atoms with Crippen LogP contribution >= 0.6 is 11.3 Å². The maximum atomic E-state index is 12.7. The van der Waals surface area contributed by atoms with Crippen LogP contribution in [-0.4, -0.2) is 86.9 Å². The summed E-state index contributed by atoms with van der Waals surface area (Å²) in [6.07, 6.45) is 1.18. The Morgan fingerprint density at radius 2 is 1.75 bits per heavy atom. The molecule has 11 heteroatoms. The molecule has 28 heavy (non-hydrogen) atoms. The molecule has 0 atom stereocenters. The normalized spacial score (nSPS) is 19.3. The minimum Gasteiger partial charge on any atom is -0.379 e. The van der Waals surface area contributed by atoms with Gasteiger partial charge in [-0.3, -0.25) is 10.1 Å². The van der Waals surface area contributed by atoms with Crippen LogP contribution in [0.15, 0.2) is 16.3 Å². The Morgan fingerprint density at radius 3 is 2.46 bits per heavy atom. The molecule has 3 rings (SSSR count). The lowest BCUT2D eigenvalue weighted by Crippen LogP contribution is -2.40. The molecular weight excluding hydrogens is 404 g/mol. The number of ether oxygens (including phenoxy) is 1. The summed E-state index contributed by atoms with van der Waals surface area (Å²) in [5.41, 5.74) is 0. The number of nitrogens with one attached hydrogen (secondary N) is 1. The highest BCUT2D eigenvalue weighted by molar-refractivity contribution is 7.91. The summed E-state index contributed by atoms with van der Waals surface area (Å²) in [5.74, 6) is 0.0958. The van der Waals surface area contributed by atoms with Gasteiger partial charge < -0.3 is 14.5 Å². The monoisotopic (exact) mass is 430 g/mol. The fourth-order valence-electron chi connectivity index (χ4n) is 3.22. The summed E-state index contributed by atoms with van der Waals surface area (Å²) in [6, 6.07) is 2.86. The molecule has 156 valence electrons. The average Bonchev–Trinajstić information content (AvgIpc) is 3.04. The quantitative estimate of drug-likeness (QED) is 0.775. The zero-order valence-corrected chi connectivity index (χ0v) is 17.6. The molecule has 2 aliphatic heterocycles. The second kappa shape index (κ2) is 9.21. The number of morpholine rings is 1. The zero-order chi connectivity index (χ0) is 20.1. The third kappa shape index (κ3) is 4.83. The standard InChI is InChI=1S/C17H26N4O5S2/c1-2-15(22)19-6-3-7-20(9-8-19)17(23)18-14-4-5-16(27-14)28(24,25)21-10-12-26-13-11-21/h4-5H,2-3,6-13H2,1H3,(H,18,23). The van der Waals surface area contributed by atoms with Crippen molar-refractivity contribution in [2.45, 2.75) is 24.0 Å². The third-order valence-corrected chi connectivity index (χ3v) is 8.18. The van der Waals surface area contributed by atoms with Crippen LogP contribution < -0.4 is 5.32 Å². The summed E-state index contributed by atoms with van der Waals surface area (Å²) in [7, 11) is -3.56. The molecule has 0 aliphatic carbocycles. The number of anilines is 1. The second-order valence-corrected chi connectivity index (χ2v) is 9.89. The van der Waals surface area contributed by atoms with E-state index in [1.807, 2.05) is 6.92 Å². The van der Waals surface area contributed by atoms with Gasteiger partial charge in [-0.05, 0) is 18.6 Å². The van der Waals surface area contributed by atoms with Crippen molar-refractivity contribution in [2.24, 2.45) is 0 Å². The van der Waals surface area contributed by atoms with Crippen LogP contribution in [0.25, 0.3) is 0 Å². The van der Waals surface area contributed by atoms with E-state index in [-0.39, 0.29) is 16.1 Å². The highest BCUT2D eigenvalue weighted by Crippen LogP contribution is 2.29. The van der Waals surface area contributed by atoms with Crippen LogP contribution in [0.2, 0.25) is 0 Å². The smallest absolute Gasteiger partial charge is 0.322 e. The van der Waals surface area contributed by atoms with Crippen molar-refractivity contribution in [1.82, 2.24) is 14.1 Å². The Balaban J connectivity index is 1.60. The van der Waals surface area contributed by atoms with Gasteiger partial charge in [0.05, 0.1) is 18.2 Å². The van der Waals surface area contributed by atoms with Crippen LogP contribution in [0.3, 0.4) is 0 Å². The highest BCUT2D eigenvalue weighted by atomic mass is 32.2. The summed E-state index contributed by atoms with van der Waals surface area (Å²) in [4.78, 5) is 27.9. The maximum absolute atomic E-state index is 12.7. The van der Waals surface area contributed by atoms with Crippen molar-refractivity contribution in [3.05, 3.63) is 12.1 Å². The van der Waals surface area contributed by atoms with Gasteiger partial charge in [0.25, 0.3) is 10.0 Å². The van der Waals surface area contributed by atoms with Crippen LogP contribution in [0, 0.1) is 0 Å². The Kier molecular flexibility index (Phi) is 6.91. The first kappa shape index (κ1) is 21.0. The third-order valence-electron chi connectivity index (χ3n) is 4.81. The number of amides is 3. The van der Waals surface area contributed by atoms with Crippen LogP contribution in [0.5, 0.6) is 0 Å². The SMILES string of the molecule is CCC(=O)N1CCCN(C(=O)Nc2ccc(S(=O)(=O)N3CCOCC3)s2)CC1. The molecule has 1 aromatic rings. The van der Waals surface area contributed by atoms with Crippen molar-refractivity contribution in [3.8, 4) is 0 Å². The molecule has 2 aliphatic rings. The van der Waals surface area contributed by atoms with Crippen molar-refractivity contribution >= 4 is 38.3 Å². The van der Waals surface area contributed by atoms with E-state index in [1.54, 1.807) is 15.9 Å². The first-order valence-electron chi connectivity index (χ1n) is 9.43. The van der Waals surface area contributed by atoms with Gasteiger partial charge in [0.1, 0.15) is 4.21 Å². The molecule has 3 heterocycles. The lowest BCUT2D eigenvalue weighted by Gasteiger charge is -2.25. The molecule has 0 unspecified atom stereocenters. The van der Waals surface area contributed by atoms with E-state index in [9.17, 15) is 18.0 Å². The molecule has 0 radical (unpaired) electrons. The van der Waals surface area contributed by atoms with Crippen LogP contribution in [-0.2, 0) is 19.6 Å². The van der Waals surface area contributed by atoms with Gasteiger partial charge in [-0.2, -0.15) is 4.31 Å². The number of carbonyl (C=O) groups excluding carboxylic acids is 2. The van der Waals surface area contributed by atoms with E-state index in [0.717, 1.165) is 17.8 Å². The number of carbonyl (C=O) groups is 2. The van der Waals surface area contributed by atoms with E-state index >= 15 is 0 Å². The molecule has 2 fully saturated rings. The fourth-order valence-corrected chi connectivity index (χ4v) is 5.98. The number of hydrogen-bond acceptors (Lipinski definition) is 6. The largest absolute Gasteiger partial charge is 0.379 e. The molecule has 2 saturated heterocycles. The second-order valence-electron chi connectivity index (χ2n) is 6.64. The van der Waals surface area contributed by atoms with E-state index in [4.69, 9.17) is 4.74 Å². The van der Waals surface area contributed by atoms with Crippen molar-refractivity contribution in [1.29, 1.82) is 0 Å². The lowest BCUT2D eigenvalue weighted by atomic mass is 10.3. The molecule has 1 N–H and O–H groups in total. The lowest BCUT2D eigenvalue weighted by molar-refractivity contribution is -0.130. The summed E-state index contributed by atoms with van der Waals surface area (Å²) in [6.45, 7) is 5.47. The molecule has 0 bridgehead atoms. The van der Waals surface area contributed by atoms with E-state index < -0.39 is 10.0 Å². The topological polar surface area (TPSA) is 99.3 Å². The minimum atomic E-state index is -3.56. The molecule has 0 saturated carbocycles. The van der Waals surface area contributed by atoms with Gasteiger partial charge in [-0.25, -0.2) is 13.2 Å². The average molecular weight is 431 g/mol. The molecular formula is C17H26N4O5S2. The van der Waals surface area contributed by atoms with Gasteiger partial charge in [0, 0.05) is 45.7 Å². The van der Waals surface area contributed by atoms with Crippen LogP contribution in [0.4, 0.5) is 9.80 Å². The first-order valence-corrected chi connectivity index (χ1v) is 11.7. The van der Waals surface area contributed by atoms with Crippen molar-refractivity contribution < 1.29 is 22.7 Å². The van der Waals surface area contributed by atoms with E-state index in [2.05, 4.69) is 5.32 Å². The number of hydrogen-bond donors (Lipinski definition) is 1. The number of thiophene rings is 1. The minimum absolute atomic E-state index is 0.0958. The Morgan fingerprint density at radius 1 is 1.07 bits per heavy atom. The number of sulfonamides is 1. The maximum Gasteiger partial charge on any atom is 0.322 e. The van der Waals surface area contributed by atoms with Gasteiger partial charge >= 0.3 is 6.03 Å². The number of rotatable bonds is 4. The molecule has 0 spiro atoms. The molecule has 3 amide bonds. The highest BCUT2D eigenvalue weighted by Gasteiger charge is 2.28. The summed E-state index contributed by atoms with van der Waals surface area (Å²) in [5, 5.41) is 3.28. The molecule has 1 aromatic heterocycles. The molecule has 9 nitrogen and oxygen atoms in total. The van der Waals surface area contributed by atoms with Gasteiger partial charge in [0.2, 0.25) is 5.91 Å². The molecule has 0 aromatic carbocycles. The van der Waals surface area contributed by atoms with Crippen molar-refractivity contribution in [3.63, 3.8) is 0 Å². The summed E-state index contributed by atoms with van der Waals surface area (Å²) >= 11 is 1.05. The van der Waals surface area contributed by atoms with Gasteiger partial charge in [0.15, 0.2) is 0 Å². The first-order chi connectivity index (χ1) is 13.4. The van der Waals surface area contributed by atoms with Crippen LogP contribution in [0.1, 0.15) is 19.8 Å². The van der Waals surface area contributed by atoms with Crippen molar-refractivity contribution in [2.75, 3.05) is 57.8 Å². The van der Waals surface area contributed by atoms with Gasteiger partial charge in [-0.1, -0.05) is 6.92 Å². The Hall–Kier alpha value is -1.69. The predicted octanol–water partition coefficient (Wildman–Crippen LogP) is 1.25. The number of urea groups is 1. The fraction of sp³-hybridized carbons (Fsp3) is 0.647. The zero-order valence-electron chi connectivity index (χ0n) is 15.9. The Labute approximate surface area is 169 Å².